The van der Waals surface area contributed by atoms with Crippen molar-refractivity contribution in [1.29, 1.82) is 0 Å². The molecular weight excluding hydrogens is 564 g/mol. The first kappa shape index (κ1) is 27.1. The van der Waals surface area contributed by atoms with Gasteiger partial charge in [-0.15, -0.1) is 0 Å². The monoisotopic (exact) mass is 580 g/mol. The highest BCUT2D eigenvalue weighted by Crippen LogP contribution is 2.44. The van der Waals surface area contributed by atoms with Crippen LogP contribution in [0.15, 0.2) is 54.8 Å². The summed E-state index contributed by atoms with van der Waals surface area (Å²) in [6, 6.07) is 5.77. The highest BCUT2D eigenvalue weighted by molar-refractivity contribution is 6.22. The fraction of sp³-hybridized carbons (Fsp3) is 0. The summed E-state index contributed by atoms with van der Waals surface area (Å²) in [5, 5.41) is 94.6. The Kier molecular flexibility index (Phi) is 6.00. The molecule has 2 heterocycles. The third-order valence-electron chi connectivity index (χ3n) is 6.26. The van der Waals surface area contributed by atoms with Gasteiger partial charge in [-0.2, -0.15) is 0 Å². The second-order valence-corrected chi connectivity index (χ2v) is 8.79. The van der Waals surface area contributed by atoms with Crippen LogP contribution in [-0.4, -0.2) is 56.8 Å². The molecule has 0 fully saturated rings. The lowest BCUT2D eigenvalue weighted by Crippen LogP contribution is -2.06. The van der Waals surface area contributed by atoms with E-state index in [0.717, 1.165) is 36.4 Å². The summed E-state index contributed by atoms with van der Waals surface area (Å²) in [7, 11) is 0. The number of carbonyl (C=O) groups is 1. The zero-order valence-electron chi connectivity index (χ0n) is 20.5. The Morgan fingerprint density at radius 2 is 0.929 bits per heavy atom. The van der Waals surface area contributed by atoms with E-state index in [9.17, 15) is 60.3 Å². The zero-order chi connectivity index (χ0) is 30.8. The van der Waals surface area contributed by atoms with Crippen LogP contribution in [0.3, 0.4) is 0 Å². The first-order chi connectivity index (χ1) is 19.7. The average Bonchev–Trinajstić information content (AvgIpc) is 2.94. The molecule has 2 aromatic heterocycles. The maximum absolute atomic E-state index is 12.1. The number of hydrogen-bond acceptors (Lipinski definition) is 15. The van der Waals surface area contributed by atoms with E-state index in [4.69, 9.17) is 13.9 Å². The van der Waals surface area contributed by atoms with Crippen molar-refractivity contribution in [3.05, 3.63) is 68.4 Å². The Morgan fingerprint density at radius 1 is 0.500 bits per heavy atom. The molecule has 0 amide bonds. The normalized spacial score (nSPS) is 11.1. The van der Waals surface area contributed by atoms with Crippen molar-refractivity contribution in [1.82, 2.24) is 0 Å². The number of phenolic OH excluding ortho intramolecular Hbond substituents is 10. The van der Waals surface area contributed by atoms with Crippen LogP contribution in [0, 0.1) is 0 Å². The van der Waals surface area contributed by atoms with E-state index < -0.39 is 85.7 Å². The minimum atomic E-state index is -0.941. The molecule has 0 aliphatic rings. The van der Waals surface area contributed by atoms with Crippen molar-refractivity contribution in [2.75, 3.05) is 0 Å². The van der Waals surface area contributed by atoms with E-state index in [2.05, 4.69) is 0 Å². The lowest BCUT2D eigenvalue weighted by atomic mass is 10.0. The summed E-state index contributed by atoms with van der Waals surface area (Å²) in [4.78, 5) is 36.1. The molecule has 0 spiro atoms. The molecule has 0 radical (unpaired) electrons. The van der Waals surface area contributed by atoms with Gasteiger partial charge in [-0.25, -0.2) is 9.59 Å². The third-order valence-corrected chi connectivity index (χ3v) is 6.26. The first-order valence-corrected chi connectivity index (χ1v) is 11.4. The van der Waals surface area contributed by atoms with Gasteiger partial charge in [0.05, 0.1) is 16.3 Å². The molecule has 10 N–H and O–H groups in total. The van der Waals surface area contributed by atoms with Crippen molar-refractivity contribution in [3.8, 4) is 57.5 Å². The van der Waals surface area contributed by atoms with Gasteiger partial charge in [-0.1, -0.05) is 0 Å². The van der Waals surface area contributed by atoms with E-state index in [0.29, 0.717) is 0 Å². The van der Waals surface area contributed by atoms with Crippen LogP contribution in [0.2, 0.25) is 0 Å². The topological polar surface area (TPSA) is 280 Å². The fourth-order valence-corrected chi connectivity index (χ4v) is 4.22. The number of benzene rings is 4. The Hall–Kier alpha value is -6.51. The number of hydrogen-bond donors (Lipinski definition) is 10. The van der Waals surface area contributed by atoms with Gasteiger partial charge in [0.1, 0.15) is 0 Å². The lowest BCUT2D eigenvalue weighted by molar-refractivity contribution is 0.103. The molecule has 0 atom stereocenters. The average molecular weight is 580 g/mol. The Bertz CT molecular complexity index is 2090. The number of phenols is 10. The predicted octanol–water partition coefficient (Wildman–Crippen LogP) is 2.46. The molecule has 0 aliphatic carbocycles. The minimum Gasteiger partial charge on any atom is -0.504 e. The summed E-state index contributed by atoms with van der Waals surface area (Å²) in [6.07, 6.45) is 0. The smallest absolute Gasteiger partial charge is 0.344 e. The van der Waals surface area contributed by atoms with Crippen LogP contribution in [0.4, 0.5) is 0 Å². The second kappa shape index (κ2) is 9.30. The van der Waals surface area contributed by atoms with Gasteiger partial charge in [0.25, 0.3) is 0 Å². The zero-order valence-corrected chi connectivity index (χ0v) is 20.5. The van der Waals surface area contributed by atoms with Crippen molar-refractivity contribution in [3.63, 3.8) is 0 Å². The summed E-state index contributed by atoms with van der Waals surface area (Å²) < 4.78 is 9.87. The Balaban J connectivity index is 0.000000169. The largest absolute Gasteiger partial charge is 0.504 e. The van der Waals surface area contributed by atoms with E-state index in [1.165, 1.54) is 0 Å². The molecule has 0 unspecified atom stereocenters. The Morgan fingerprint density at radius 3 is 1.38 bits per heavy atom. The van der Waals surface area contributed by atoms with Crippen LogP contribution >= 0.6 is 0 Å². The fourth-order valence-electron chi connectivity index (χ4n) is 4.22. The molecule has 0 aliphatic heterocycles. The molecule has 15 heteroatoms. The van der Waals surface area contributed by atoms with Crippen molar-refractivity contribution in [2.45, 2.75) is 0 Å². The molecule has 0 saturated heterocycles. The van der Waals surface area contributed by atoms with Crippen LogP contribution in [0.25, 0.3) is 32.7 Å². The van der Waals surface area contributed by atoms with E-state index >= 15 is 0 Å². The van der Waals surface area contributed by atoms with Crippen LogP contribution in [-0.2, 0) is 0 Å². The molecule has 0 saturated carbocycles. The minimum absolute atomic E-state index is 0.00597. The van der Waals surface area contributed by atoms with Crippen LogP contribution < -0.4 is 11.3 Å². The van der Waals surface area contributed by atoms with Crippen molar-refractivity contribution < 1.29 is 64.7 Å². The summed E-state index contributed by atoms with van der Waals surface area (Å²) in [5.41, 5.74) is -3.26. The predicted molar refractivity (Wildman–Crippen MR) is 140 cm³/mol. The highest BCUT2D eigenvalue weighted by Gasteiger charge is 2.25. The number of rotatable bonds is 2. The maximum atomic E-state index is 12.1. The summed E-state index contributed by atoms with van der Waals surface area (Å²) >= 11 is 0. The second-order valence-electron chi connectivity index (χ2n) is 8.79. The molecule has 4 aromatic carbocycles. The quantitative estimate of drug-likeness (QED) is 0.0609. The van der Waals surface area contributed by atoms with E-state index in [-0.39, 0.29) is 32.7 Å². The molecule has 214 valence electrons. The molecule has 6 aromatic rings. The first-order valence-electron chi connectivity index (χ1n) is 11.4. The summed E-state index contributed by atoms with van der Waals surface area (Å²) in [5.74, 6) is -8.08. The molecule has 6 rings (SSSR count). The van der Waals surface area contributed by atoms with Crippen molar-refractivity contribution >= 4 is 38.5 Å². The van der Waals surface area contributed by atoms with Gasteiger partial charge in [-0.3, -0.25) is 4.79 Å². The van der Waals surface area contributed by atoms with E-state index in [1.807, 2.05) is 0 Å². The van der Waals surface area contributed by atoms with Crippen LogP contribution in [0.1, 0.15) is 15.9 Å². The molecule has 15 nitrogen and oxygen atoms in total. The lowest BCUT2D eigenvalue weighted by Gasteiger charge is -2.10. The molecular formula is C27H16O15. The third kappa shape index (κ3) is 3.96. The van der Waals surface area contributed by atoms with Gasteiger partial charge in [0.15, 0.2) is 57.2 Å². The van der Waals surface area contributed by atoms with Gasteiger partial charge in [0, 0.05) is 16.3 Å². The van der Waals surface area contributed by atoms with E-state index in [1.54, 1.807) is 0 Å². The van der Waals surface area contributed by atoms with Gasteiger partial charge in [0.2, 0.25) is 17.2 Å². The van der Waals surface area contributed by atoms with Crippen molar-refractivity contribution in [2.24, 2.45) is 0 Å². The Labute approximate surface area is 229 Å². The summed E-state index contributed by atoms with van der Waals surface area (Å²) in [6.45, 7) is 0. The van der Waals surface area contributed by atoms with Gasteiger partial charge in [-0.05, 0) is 36.4 Å². The number of ketones is 1. The standard InChI is InChI=1S/C14H6O8.C13H10O7/c15-5-1-3-7-8-4(14(20)22-11(7)9(5)17)2-6(16)10(18)12(8)21-13(3)19;14-7-2-1-6(11(18)13(7)20)10(17)5-3-8(15)12(19)9(16)4-5/h1-2,15-18H;1-4,14-16,18-20H. The number of carbonyl (C=O) groups excluding carboxylic acids is 1. The molecule has 0 bridgehead atoms. The highest BCUT2D eigenvalue weighted by atomic mass is 16.4. The van der Waals surface area contributed by atoms with Gasteiger partial charge < -0.3 is 59.9 Å². The SMILES string of the molecule is O=C(c1cc(O)c(O)c(O)c1)c1ccc(O)c(O)c1O.O=c1oc2c(O)c(O)cc3c(=O)oc4c(O)c(O)cc1c4c23. The molecule has 42 heavy (non-hydrogen) atoms. The van der Waals surface area contributed by atoms with Crippen LogP contribution in [0.5, 0.6) is 57.5 Å². The number of aromatic hydroxyl groups is 10. The maximum Gasteiger partial charge on any atom is 0.344 e. The van der Waals surface area contributed by atoms with Gasteiger partial charge >= 0.3 is 11.3 Å².